The van der Waals surface area contributed by atoms with Gasteiger partial charge in [0.05, 0.1) is 37.3 Å². The Hall–Kier alpha value is -2.86. The first kappa shape index (κ1) is 15.4. The molecular weight excluding hydrogens is 332 g/mol. The van der Waals surface area contributed by atoms with Crippen LogP contribution in [0.1, 0.15) is 5.76 Å². The van der Waals surface area contributed by atoms with Gasteiger partial charge in [-0.05, 0) is 24.3 Å². The predicted molar refractivity (Wildman–Crippen MR) is 92.9 cm³/mol. The lowest BCUT2D eigenvalue weighted by Crippen LogP contribution is -2.41. The Kier molecular flexibility index (Phi) is 3.30. The molecule has 6 heteroatoms. The molecule has 1 N–H and O–H groups in total. The lowest BCUT2D eigenvalue weighted by Gasteiger charge is -2.23. The van der Waals surface area contributed by atoms with Crippen molar-refractivity contribution < 1.29 is 18.7 Å². The molecule has 0 saturated carbocycles. The highest BCUT2D eigenvalue weighted by Gasteiger charge is 2.66. The Bertz CT molecular complexity index is 876. The molecule has 5 rings (SSSR count). The zero-order valence-electron chi connectivity index (χ0n) is 14.0. The van der Waals surface area contributed by atoms with Gasteiger partial charge in [-0.1, -0.05) is 30.4 Å². The van der Waals surface area contributed by atoms with Gasteiger partial charge < -0.3 is 19.4 Å². The molecule has 2 fully saturated rings. The molecular formula is C20H18N2O4. The minimum Gasteiger partial charge on any atom is -0.467 e. The number of hydrogen-bond acceptors (Lipinski definition) is 4. The van der Waals surface area contributed by atoms with E-state index in [2.05, 4.69) is 5.32 Å². The summed E-state index contributed by atoms with van der Waals surface area (Å²) in [5.41, 5.74) is 0.0173. The van der Waals surface area contributed by atoms with Gasteiger partial charge in [-0.25, -0.2) is 0 Å². The van der Waals surface area contributed by atoms with E-state index in [1.807, 2.05) is 48.6 Å². The van der Waals surface area contributed by atoms with Crippen molar-refractivity contribution in [1.82, 2.24) is 4.90 Å². The fourth-order valence-corrected chi connectivity index (χ4v) is 4.35. The molecule has 4 atom stereocenters. The molecule has 2 amide bonds. The van der Waals surface area contributed by atoms with Crippen LogP contribution in [0, 0.1) is 11.8 Å². The summed E-state index contributed by atoms with van der Waals surface area (Å²) in [6.07, 6.45) is 5.11. The summed E-state index contributed by atoms with van der Waals surface area (Å²) in [6.45, 7) is 0.832. The summed E-state index contributed by atoms with van der Waals surface area (Å²) < 4.78 is 11.5. The van der Waals surface area contributed by atoms with Gasteiger partial charge in [0.15, 0.2) is 0 Å². The Morgan fingerprint density at radius 2 is 2.08 bits per heavy atom. The fourth-order valence-electron chi connectivity index (χ4n) is 4.35. The fraction of sp³-hybridized carbons (Fsp3) is 0.300. The monoisotopic (exact) mass is 350 g/mol. The Balaban J connectivity index is 1.40. The van der Waals surface area contributed by atoms with Crippen LogP contribution >= 0.6 is 0 Å². The minimum atomic E-state index is -0.701. The molecule has 3 aliphatic rings. The third-order valence-corrected chi connectivity index (χ3v) is 5.45. The minimum absolute atomic E-state index is 0.0542. The van der Waals surface area contributed by atoms with Gasteiger partial charge in [0.1, 0.15) is 11.4 Å². The van der Waals surface area contributed by atoms with Crippen LogP contribution < -0.4 is 5.32 Å². The summed E-state index contributed by atoms with van der Waals surface area (Å²) >= 11 is 0. The molecule has 26 heavy (non-hydrogen) atoms. The second-order valence-corrected chi connectivity index (χ2v) is 7.03. The summed E-state index contributed by atoms with van der Waals surface area (Å²) in [5.74, 6) is -0.517. The maximum Gasteiger partial charge on any atom is 0.231 e. The molecule has 4 heterocycles. The second-order valence-electron chi connectivity index (χ2n) is 7.03. The van der Waals surface area contributed by atoms with Crippen LogP contribution in [-0.2, 0) is 20.9 Å². The summed E-state index contributed by atoms with van der Waals surface area (Å²) in [5, 5.41) is 2.92. The number of carbonyl (C=O) groups excluding carboxylic acids is 2. The Morgan fingerprint density at radius 3 is 2.85 bits per heavy atom. The van der Waals surface area contributed by atoms with Gasteiger partial charge in [-0.15, -0.1) is 0 Å². The van der Waals surface area contributed by atoms with E-state index in [9.17, 15) is 9.59 Å². The average Bonchev–Trinajstić information content (AvgIpc) is 3.39. The zero-order chi connectivity index (χ0) is 17.7. The van der Waals surface area contributed by atoms with Crippen LogP contribution in [0.2, 0.25) is 0 Å². The first-order valence-corrected chi connectivity index (χ1v) is 8.71. The highest BCUT2D eigenvalue weighted by Crippen LogP contribution is 2.52. The normalized spacial score (nSPS) is 31.5. The second kappa shape index (κ2) is 5.57. The Morgan fingerprint density at radius 1 is 1.23 bits per heavy atom. The summed E-state index contributed by atoms with van der Waals surface area (Å²) in [7, 11) is 0. The van der Waals surface area contributed by atoms with Crippen molar-refractivity contribution in [3.63, 3.8) is 0 Å². The van der Waals surface area contributed by atoms with Crippen molar-refractivity contribution in [1.29, 1.82) is 0 Å². The van der Waals surface area contributed by atoms with E-state index in [0.29, 0.717) is 13.1 Å². The number of fused-ring (bicyclic) bond motifs is 1. The van der Waals surface area contributed by atoms with E-state index in [0.717, 1.165) is 11.4 Å². The largest absolute Gasteiger partial charge is 0.467 e. The van der Waals surface area contributed by atoms with Crippen molar-refractivity contribution in [2.75, 3.05) is 11.9 Å². The van der Waals surface area contributed by atoms with E-state index in [4.69, 9.17) is 9.15 Å². The van der Waals surface area contributed by atoms with Gasteiger partial charge in [-0.2, -0.15) is 0 Å². The first-order chi connectivity index (χ1) is 12.7. The van der Waals surface area contributed by atoms with Crippen LogP contribution in [0.5, 0.6) is 0 Å². The third-order valence-electron chi connectivity index (χ3n) is 5.45. The number of rotatable bonds is 4. The Labute approximate surface area is 150 Å². The van der Waals surface area contributed by atoms with Crippen molar-refractivity contribution in [2.24, 2.45) is 11.8 Å². The van der Waals surface area contributed by atoms with Crippen LogP contribution in [0.25, 0.3) is 0 Å². The number of likely N-dealkylation sites (tertiary alicyclic amines) is 1. The molecule has 1 spiro atoms. The molecule has 2 aromatic rings. The number of anilines is 1. The molecule has 1 aromatic carbocycles. The maximum absolute atomic E-state index is 13.1. The van der Waals surface area contributed by atoms with Gasteiger partial charge in [-0.3, -0.25) is 9.59 Å². The molecule has 2 saturated heterocycles. The number of para-hydroxylation sites is 1. The molecule has 0 aliphatic carbocycles. The van der Waals surface area contributed by atoms with Crippen molar-refractivity contribution in [3.8, 4) is 0 Å². The number of benzene rings is 1. The predicted octanol–water partition coefficient (Wildman–Crippen LogP) is 2.20. The topological polar surface area (TPSA) is 71.8 Å². The van der Waals surface area contributed by atoms with E-state index in [1.165, 1.54) is 0 Å². The SMILES string of the molecule is O=C(Nc1ccccc1)C1C2C(=O)N(Cc3ccco3)C[C@]23C=C[C@H]1O3. The summed E-state index contributed by atoms with van der Waals surface area (Å²) in [4.78, 5) is 27.7. The van der Waals surface area contributed by atoms with Crippen molar-refractivity contribution in [3.05, 3.63) is 66.6 Å². The molecule has 2 bridgehead atoms. The van der Waals surface area contributed by atoms with E-state index < -0.39 is 17.4 Å². The number of carbonyl (C=O) groups is 2. The van der Waals surface area contributed by atoms with Gasteiger partial charge in [0.2, 0.25) is 11.8 Å². The van der Waals surface area contributed by atoms with Gasteiger partial charge >= 0.3 is 0 Å². The molecule has 1 aromatic heterocycles. The summed E-state index contributed by atoms with van der Waals surface area (Å²) in [6, 6.07) is 12.9. The molecule has 2 unspecified atom stereocenters. The van der Waals surface area contributed by atoms with Crippen LogP contribution in [0.3, 0.4) is 0 Å². The van der Waals surface area contributed by atoms with E-state index >= 15 is 0 Å². The molecule has 3 aliphatic heterocycles. The zero-order valence-corrected chi connectivity index (χ0v) is 14.0. The molecule has 132 valence electrons. The quantitative estimate of drug-likeness (QED) is 0.858. The number of hydrogen-bond donors (Lipinski definition) is 1. The number of furan rings is 1. The standard InChI is InChI=1S/C20H18N2O4/c23-18(21-13-5-2-1-3-6-13)16-15-8-9-20(26-15)12-22(19(24)17(16)20)11-14-7-4-10-25-14/h1-10,15-17H,11-12H2,(H,21,23)/t15-,16?,17?,20-/m1/s1. The molecule has 6 nitrogen and oxygen atoms in total. The number of nitrogens with one attached hydrogen (secondary N) is 1. The van der Waals surface area contributed by atoms with E-state index in [1.54, 1.807) is 17.2 Å². The smallest absolute Gasteiger partial charge is 0.231 e. The highest BCUT2D eigenvalue weighted by molar-refractivity contribution is 5.99. The third kappa shape index (κ3) is 2.22. The van der Waals surface area contributed by atoms with Gasteiger partial charge in [0, 0.05) is 5.69 Å². The molecule has 0 radical (unpaired) electrons. The van der Waals surface area contributed by atoms with Crippen LogP contribution in [0.4, 0.5) is 5.69 Å². The van der Waals surface area contributed by atoms with E-state index in [-0.39, 0.29) is 17.9 Å². The van der Waals surface area contributed by atoms with Gasteiger partial charge in [0.25, 0.3) is 0 Å². The lowest BCUT2D eigenvalue weighted by molar-refractivity contribution is -0.136. The highest BCUT2D eigenvalue weighted by atomic mass is 16.5. The van der Waals surface area contributed by atoms with Crippen molar-refractivity contribution >= 4 is 17.5 Å². The maximum atomic E-state index is 13.1. The first-order valence-electron chi connectivity index (χ1n) is 8.71. The van der Waals surface area contributed by atoms with Crippen molar-refractivity contribution in [2.45, 2.75) is 18.2 Å². The number of amides is 2. The number of ether oxygens (including phenoxy) is 1. The average molecular weight is 350 g/mol. The lowest BCUT2D eigenvalue weighted by atomic mass is 9.77. The van der Waals surface area contributed by atoms with Crippen LogP contribution in [0.15, 0.2) is 65.3 Å². The number of nitrogens with zero attached hydrogens (tertiary/aromatic N) is 1. The van der Waals surface area contributed by atoms with Crippen LogP contribution in [-0.4, -0.2) is 35.0 Å².